The number of rotatable bonds is 18. The number of nitrogens with zero attached hydrogens (tertiary/aromatic N) is 3. The number of carbonyl (C=O) groups excluding carboxylic acids is 4. The first kappa shape index (κ1) is 44.0. The Labute approximate surface area is 348 Å². The monoisotopic (exact) mass is 832 g/mol. The summed E-state index contributed by atoms with van der Waals surface area (Å²) in [5, 5.41) is 6.61. The van der Waals surface area contributed by atoms with E-state index in [1.165, 1.54) is 87.1 Å². The number of oxime groups is 1. The molecule has 2 amide bonds. The number of benzene rings is 2. The van der Waals surface area contributed by atoms with Gasteiger partial charge < -0.3 is 33.8 Å². The van der Waals surface area contributed by atoms with Crippen molar-refractivity contribution in [3.05, 3.63) is 92.9 Å². The fourth-order valence-corrected chi connectivity index (χ4v) is 8.13. The summed E-state index contributed by atoms with van der Waals surface area (Å²) in [6, 6.07) is 7.43. The Hall–Kier alpha value is -5.60. The summed E-state index contributed by atoms with van der Waals surface area (Å²) in [6.07, 6.45) is 15.4. The van der Waals surface area contributed by atoms with Gasteiger partial charge in [-0.05, 0) is 56.5 Å². The summed E-state index contributed by atoms with van der Waals surface area (Å²) in [5.41, 5.74) is -2.93. The quantitative estimate of drug-likeness (QED) is 0.0759. The molecule has 322 valence electrons. The van der Waals surface area contributed by atoms with E-state index in [1.807, 2.05) is 6.92 Å². The highest BCUT2D eigenvalue weighted by atomic mass is 19.1. The van der Waals surface area contributed by atoms with E-state index in [1.54, 1.807) is 4.90 Å². The Bertz CT molecular complexity index is 2140. The predicted octanol–water partition coefficient (Wildman–Crippen LogP) is 8.18. The second kappa shape index (κ2) is 20.1. The second-order valence-electron chi connectivity index (χ2n) is 15.9. The van der Waals surface area contributed by atoms with Crippen LogP contribution in [0.4, 0.5) is 8.78 Å². The lowest BCUT2D eigenvalue weighted by molar-refractivity contribution is -0.134. The molecule has 0 radical (unpaired) electrons. The van der Waals surface area contributed by atoms with E-state index in [4.69, 9.17) is 19.0 Å². The molecule has 2 bridgehead atoms. The maximum absolute atomic E-state index is 14.5. The van der Waals surface area contributed by atoms with Crippen molar-refractivity contribution < 1.29 is 47.0 Å². The van der Waals surface area contributed by atoms with Crippen LogP contribution in [0.25, 0.3) is 0 Å². The fourth-order valence-electron chi connectivity index (χ4n) is 8.13. The van der Waals surface area contributed by atoms with Crippen molar-refractivity contribution >= 4 is 29.7 Å². The SMILES string of the molecule is CCCCCCCCCCCCCC(=O)Oc1ccc(C(=O)Oc2c3n(cc(C(=O)NCc4ccc(F)cc4F)c2=O)[C@@H]2CN(C3=O)[C@@H](C)CC[C@]23CC(OC)=NO3)cc1. The number of pyridine rings is 1. The summed E-state index contributed by atoms with van der Waals surface area (Å²) in [6.45, 7) is 3.80. The first-order valence-electron chi connectivity index (χ1n) is 21.1. The molecule has 3 aromatic rings. The van der Waals surface area contributed by atoms with Gasteiger partial charge in [-0.3, -0.25) is 19.2 Å². The molecule has 2 aromatic carbocycles. The molecule has 0 unspecified atom stereocenters. The zero-order chi connectivity index (χ0) is 42.8. The number of nitrogens with one attached hydrogen (secondary N) is 1. The van der Waals surface area contributed by atoms with E-state index in [-0.39, 0.29) is 48.0 Å². The van der Waals surface area contributed by atoms with Crippen LogP contribution in [0.5, 0.6) is 11.5 Å². The van der Waals surface area contributed by atoms with Crippen LogP contribution >= 0.6 is 0 Å². The van der Waals surface area contributed by atoms with Crippen molar-refractivity contribution in [1.29, 1.82) is 0 Å². The van der Waals surface area contributed by atoms with Crippen LogP contribution in [0, 0.1) is 11.6 Å². The number of methoxy groups -OCH3 is 1. The third-order valence-electron chi connectivity index (χ3n) is 11.7. The van der Waals surface area contributed by atoms with Crippen LogP contribution in [-0.2, 0) is 20.9 Å². The molecular formula is C45H54F2N4O9. The average molecular weight is 833 g/mol. The predicted molar refractivity (Wildman–Crippen MR) is 218 cm³/mol. The Balaban J connectivity index is 1.19. The number of amides is 2. The molecule has 1 fully saturated rings. The van der Waals surface area contributed by atoms with Crippen molar-refractivity contribution in [2.75, 3.05) is 13.7 Å². The summed E-state index contributed by atoms with van der Waals surface area (Å²) in [5.74, 6) is -4.80. The summed E-state index contributed by atoms with van der Waals surface area (Å²) >= 11 is 0. The van der Waals surface area contributed by atoms with Crippen molar-refractivity contribution in [2.45, 2.75) is 134 Å². The largest absolute Gasteiger partial charge is 0.482 e. The number of halogens is 2. The zero-order valence-corrected chi connectivity index (χ0v) is 34.6. The van der Waals surface area contributed by atoms with Crippen LogP contribution < -0.4 is 20.2 Å². The van der Waals surface area contributed by atoms with Gasteiger partial charge in [0.05, 0.1) is 25.1 Å². The third-order valence-corrected chi connectivity index (χ3v) is 11.7. The minimum absolute atomic E-state index is 0.0250. The van der Waals surface area contributed by atoms with Crippen LogP contribution in [0.3, 0.4) is 0 Å². The number of hydrogen-bond donors (Lipinski definition) is 1. The second-order valence-corrected chi connectivity index (χ2v) is 15.9. The van der Waals surface area contributed by atoms with Gasteiger partial charge in [-0.25, -0.2) is 13.6 Å². The molecule has 0 saturated carbocycles. The van der Waals surface area contributed by atoms with Crippen molar-refractivity contribution in [2.24, 2.45) is 5.16 Å². The standard InChI is InChI=1S/C45H54F2N4O9/c1-4-5-6-7-8-9-10-11-12-13-14-15-38(52)58-33-20-17-30(18-21-33)44(56)59-41-39-43(55)50-28-36(45(23-22-29(50)2)25-37(57-3)49-60-45)51(39)27-34(40(41)53)42(54)48-26-31-16-19-32(46)24-35(31)47/h16-21,24,27,29,36H,4-15,22-23,25-26,28H2,1-3H3,(H,48,54)/t29-,36+,45-/m0/s1. The lowest BCUT2D eigenvalue weighted by Gasteiger charge is -2.41. The van der Waals surface area contributed by atoms with E-state index >= 15 is 0 Å². The third kappa shape index (κ3) is 10.2. The molecule has 3 atom stereocenters. The molecule has 4 heterocycles. The van der Waals surface area contributed by atoms with Gasteiger partial charge in [-0.1, -0.05) is 82.4 Å². The Morgan fingerprint density at radius 1 is 0.933 bits per heavy atom. The van der Waals surface area contributed by atoms with Crippen LogP contribution in [-0.4, -0.2) is 64.4 Å². The number of aromatic nitrogens is 1. The molecule has 13 nitrogen and oxygen atoms in total. The molecule has 60 heavy (non-hydrogen) atoms. The van der Waals surface area contributed by atoms with Crippen LogP contribution in [0.1, 0.15) is 153 Å². The van der Waals surface area contributed by atoms with E-state index in [2.05, 4.69) is 17.4 Å². The zero-order valence-electron chi connectivity index (χ0n) is 34.6. The Kier molecular flexibility index (Phi) is 14.7. The van der Waals surface area contributed by atoms with Gasteiger partial charge in [-0.15, -0.1) is 0 Å². The van der Waals surface area contributed by atoms with Gasteiger partial charge in [0.1, 0.15) is 22.9 Å². The number of ether oxygens (including phenoxy) is 3. The van der Waals surface area contributed by atoms with Gasteiger partial charge >= 0.3 is 11.9 Å². The molecule has 1 aromatic heterocycles. The molecule has 15 heteroatoms. The first-order chi connectivity index (χ1) is 28.9. The van der Waals surface area contributed by atoms with E-state index in [9.17, 15) is 32.8 Å². The van der Waals surface area contributed by atoms with Crippen molar-refractivity contribution in [3.63, 3.8) is 0 Å². The van der Waals surface area contributed by atoms with Gasteiger partial charge in [-0.2, -0.15) is 0 Å². The summed E-state index contributed by atoms with van der Waals surface area (Å²) in [7, 11) is 1.46. The summed E-state index contributed by atoms with van der Waals surface area (Å²) < 4.78 is 46.1. The van der Waals surface area contributed by atoms with E-state index < -0.39 is 70.3 Å². The average Bonchev–Trinajstić information content (AvgIpc) is 3.62. The van der Waals surface area contributed by atoms with Gasteiger partial charge in [0, 0.05) is 43.4 Å². The topological polar surface area (TPSA) is 155 Å². The maximum atomic E-state index is 14.5. The molecule has 0 aliphatic carbocycles. The minimum atomic E-state index is -1.06. The highest BCUT2D eigenvalue weighted by molar-refractivity contribution is 6.01. The van der Waals surface area contributed by atoms with Crippen molar-refractivity contribution in [1.82, 2.24) is 14.8 Å². The number of esters is 2. The molecular weight excluding hydrogens is 779 g/mol. The molecule has 1 saturated heterocycles. The fraction of sp³-hybridized carbons (Fsp3) is 0.511. The minimum Gasteiger partial charge on any atom is -0.482 e. The maximum Gasteiger partial charge on any atom is 0.343 e. The molecule has 1 spiro atoms. The number of fused-ring (bicyclic) bond motifs is 5. The van der Waals surface area contributed by atoms with E-state index in [0.717, 1.165) is 31.4 Å². The Morgan fingerprint density at radius 2 is 1.62 bits per heavy atom. The van der Waals surface area contributed by atoms with Gasteiger partial charge in [0.25, 0.3) is 11.8 Å². The smallest absolute Gasteiger partial charge is 0.343 e. The number of hydrogen-bond acceptors (Lipinski definition) is 10. The highest BCUT2D eigenvalue weighted by Gasteiger charge is 2.55. The van der Waals surface area contributed by atoms with Crippen LogP contribution in [0.15, 0.2) is 58.6 Å². The van der Waals surface area contributed by atoms with Gasteiger partial charge in [0.2, 0.25) is 17.1 Å². The lowest BCUT2D eigenvalue weighted by atomic mass is 9.85. The number of unbranched alkanes of at least 4 members (excludes halogenated alkanes) is 10. The van der Waals surface area contributed by atoms with Crippen molar-refractivity contribution in [3.8, 4) is 11.5 Å². The molecule has 6 rings (SSSR count). The number of carbonyl (C=O) groups is 4. The molecule has 3 aliphatic heterocycles. The van der Waals surface area contributed by atoms with Gasteiger partial charge in [0.15, 0.2) is 11.3 Å². The highest BCUT2D eigenvalue weighted by Crippen LogP contribution is 2.46. The molecule has 3 aliphatic rings. The molecule has 1 N–H and O–H groups in total. The first-order valence-corrected chi connectivity index (χ1v) is 21.1. The summed E-state index contributed by atoms with van der Waals surface area (Å²) in [4.78, 5) is 76.2. The normalized spacial score (nSPS) is 19.2. The van der Waals surface area contributed by atoms with E-state index in [0.29, 0.717) is 31.2 Å². The lowest BCUT2D eigenvalue weighted by Crippen LogP contribution is -2.52. The Morgan fingerprint density at radius 3 is 2.27 bits per heavy atom. The van der Waals surface area contributed by atoms with Crippen LogP contribution in [0.2, 0.25) is 0 Å².